The lowest BCUT2D eigenvalue weighted by atomic mass is 10.1. The molecule has 1 amide bonds. The van der Waals surface area contributed by atoms with Crippen LogP contribution in [0.2, 0.25) is 5.02 Å². The molecule has 0 bridgehead atoms. The lowest BCUT2D eigenvalue weighted by Gasteiger charge is -2.13. The maximum atomic E-state index is 12.3. The first-order valence-corrected chi connectivity index (χ1v) is 8.39. The summed E-state index contributed by atoms with van der Waals surface area (Å²) < 4.78 is 5.60. The fourth-order valence-electron chi connectivity index (χ4n) is 2.60. The molecule has 124 valence electrons. The minimum absolute atomic E-state index is 0.0314. The van der Waals surface area contributed by atoms with E-state index < -0.39 is 0 Å². The summed E-state index contributed by atoms with van der Waals surface area (Å²) in [6.45, 7) is 2.59. The van der Waals surface area contributed by atoms with Crippen LogP contribution in [-0.2, 0) is 11.2 Å². The molecule has 24 heavy (non-hydrogen) atoms. The van der Waals surface area contributed by atoms with Gasteiger partial charge in [0, 0.05) is 11.4 Å². The second-order valence-electron chi connectivity index (χ2n) is 5.58. The minimum Gasteiger partial charge on any atom is -0.484 e. The highest BCUT2D eigenvalue weighted by Crippen LogP contribution is 2.22. The van der Waals surface area contributed by atoms with Gasteiger partial charge in [-0.2, -0.15) is 5.10 Å². The third-order valence-electron chi connectivity index (χ3n) is 3.96. The van der Waals surface area contributed by atoms with Crippen LogP contribution in [0.1, 0.15) is 24.5 Å². The van der Waals surface area contributed by atoms with Crippen LogP contribution in [0.15, 0.2) is 53.6 Å². The average Bonchev–Trinajstić information content (AvgIpc) is 3.12. The van der Waals surface area contributed by atoms with Gasteiger partial charge in [0.15, 0.2) is 6.61 Å². The zero-order chi connectivity index (χ0) is 16.9. The second kappa shape index (κ2) is 7.49. The number of amides is 1. The maximum Gasteiger partial charge on any atom is 0.280 e. The molecule has 1 aliphatic rings. The van der Waals surface area contributed by atoms with Gasteiger partial charge in [-0.15, -0.1) is 0 Å². The molecule has 5 heteroatoms. The SMILES string of the molecule is CCc1cc(OCC(=O)N2CCC(c3ccccc3)=N2)ccc1Cl. The number of hydrogen-bond donors (Lipinski definition) is 0. The number of halogens is 1. The summed E-state index contributed by atoms with van der Waals surface area (Å²) >= 11 is 6.09. The van der Waals surface area contributed by atoms with E-state index in [1.165, 1.54) is 5.01 Å². The van der Waals surface area contributed by atoms with E-state index in [0.29, 0.717) is 17.3 Å². The van der Waals surface area contributed by atoms with E-state index in [4.69, 9.17) is 16.3 Å². The molecule has 1 aliphatic heterocycles. The van der Waals surface area contributed by atoms with E-state index in [1.807, 2.05) is 43.3 Å². The largest absolute Gasteiger partial charge is 0.484 e. The Hall–Kier alpha value is -2.33. The summed E-state index contributed by atoms with van der Waals surface area (Å²) in [5, 5.41) is 6.62. The fourth-order valence-corrected chi connectivity index (χ4v) is 2.85. The summed E-state index contributed by atoms with van der Waals surface area (Å²) in [6, 6.07) is 15.4. The Labute approximate surface area is 146 Å². The van der Waals surface area contributed by atoms with Gasteiger partial charge in [0.1, 0.15) is 5.75 Å². The number of hydrogen-bond acceptors (Lipinski definition) is 3. The summed E-state index contributed by atoms with van der Waals surface area (Å²) in [5.74, 6) is 0.505. The highest BCUT2D eigenvalue weighted by Gasteiger charge is 2.21. The van der Waals surface area contributed by atoms with Gasteiger partial charge >= 0.3 is 0 Å². The second-order valence-corrected chi connectivity index (χ2v) is 5.98. The molecule has 0 fully saturated rings. The monoisotopic (exact) mass is 342 g/mol. The first-order valence-electron chi connectivity index (χ1n) is 8.02. The zero-order valence-electron chi connectivity index (χ0n) is 13.5. The lowest BCUT2D eigenvalue weighted by molar-refractivity contribution is -0.132. The Morgan fingerprint density at radius 3 is 2.79 bits per heavy atom. The number of ether oxygens (including phenoxy) is 1. The van der Waals surface area contributed by atoms with Gasteiger partial charge in [-0.3, -0.25) is 4.79 Å². The standard InChI is InChI=1S/C19H19ClN2O2/c1-2-14-12-16(8-9-17(14)20)24-13-19(23)22-11-10-18(21-22)15-6-4-3-5-7-15/h3-9,12H,2,10-11,13H2,1H3. The van der Waals surface area contributed by atoms with Crippen molar-refractivity contribution in [2.24, 2.45) is 5.10 Å². The van der Waals surface area contributed by atoms with E-state index in [2.05, 4.69) is 5.10 Å². The number of carbonyl (C=O) groups is 1. The third kappa shape index (κ3) is 3.77. The van der Waals surface area contributed by atoms with Crippen LogP contribution in [0.4, 0.5) is 0 Å². The van der Waals surface area contributed by atoms with Crippen LogP contribution in [-0.4, -0.2) is 29.8 Å². The van der Waals surface area contributed by atoms with Crippen LogP contribution in [0, 0.1) is 0 Å². The average molecular weight is 343 g/mol. The maximum absolute atomic E-state index is 12.3. The number of rotatable bonds is 5. The van der Waals surface area contributed by atoms with E-state index in [9.17, 15) is 4.79 Å². The van der Waals surface area contributed by atoms with Crippen molar-refractivity contribution in [1.29, 1.82) is 0 Å². The normalized spacial score (nSPS) is 13.8. The summed E-state index contributed by atoms with van der Waals surface area (Å²) in [5.41, 5.74) is 3.00. The molecule has 0 N–H and O–H groups in total. The summed E-state index contributed by atoms with van der Waals surface area (Å²) in [7, 11) is 0. The van der Waals surface area contributed by atoms with Gasteiger partial charge in [-0.05, 0) is 35.7 Å². The number of benzene rings is 2. The smallest absolute Gasteiger partial charge is 0.280 e. The van der Waals surface area contributed by atoms with Crippen molar-refractivity contribution in [3.05, 3.63) is 64.7 Å². The van der Waals surface area contributed by atoms with Crippen molar-refractivity contribution in [3.8, 4) is 5.75 Å². The van der Waals surface area contributed by atoms with Gasteiger partial charge < -0.3 is 4.74 Å². The predicted molar refractivity (Wildman–Crippen MR) is 95.6 cm³/mol. The minimum atomic E-state index is -0.145. The van der Waals surface area contributed by atoms with Crippen LogP contribution in [0.25, 0.3) is 0 Å². The van der Waals surface area contributed by atoms with Crippen LogP contribution < -0.4 is 4.74 Å². The van der Waals surface area contributed by atoms with E-state index in [0.717, 1.165) is 29.7 Å². The number of nitrogens with zero attached hydrogens (tertiary/aromatic N) is 2. The molecule has 1 heterocycles. The molecule has 0 aromatic heterocycles. The van der Waals surface area contributed by atoms with Gasteiger partial charge in [0.25, 0.3) is 5.91 Å². The first-order chi connectivity index (χ1) is 11.7. The Bertz CT molecular complexity index is 759. The van der Waals surface area contributed by atoms with Gasteiger partial charge in [0.2, 0.25) is 0 Å². The van der Waals surface area contributed by atoms with Crippen molar-refractivity contribution in [3.63, 3.8) is 0 Å². The molecule has 0 saturated carbocycles. The molecule has 0 unspecified atom stereocenters. The number of carbonyl (C=O) groups excluding carboxylic acids is 1. The Morgan fingerprint density at radius 1 is 1.25 bits per heavy atom. The molecule has 0 radical (unpaired) electrons. The first kappa shape index (κ1) is 16.5. The van der Waals surface area contributed by atoms with E-state index >= 15 is 0 Å². The quantitative estimate of drug-likeness (QED) is 0.826. The molecular weight excluding hydrogens is 324 g/mol. The van der Waals surface area contributed by atoms with Gasteiger partial charge in [-0.25, -0.2) is 5.01 Å². The van der Waals surface area contributed by atoms with Crippen LogP contribution >= 0.6 is 11.6 Å². The summed E-state index contributed by atoms with van der Waals surface area (Å²) in [6.07, 6.45) is 1.58. The van der Waals surface area contributed by atoms with E-state index in [-0.39, 0.29) is 12.5 Å². The molecule has 0 atom stereocenters. The lowest BCUT2D eigenvalue weighted by Crippen LogP contribution is -2.28. The van der Waals surface area contributed by atoms with E-state index in [1.54, 1.807) is 12.1 Å². The van der Waals surface area contributed by atoms with Gasteiger partial charge in [0.05, 0.1) is 12.3 Å². The van der Waals surface area contributed by atoms with Crippen LogP contribution in [0.3, 0.4) is 0 Å². The highest BCUT2D eigenvalue weighted by molar-refractivity contribution is 6.31. The van der Waals surface area contributed by atoms with Crippen molar-refractivity contribution >= 4 is 23.2 Å². The van der Waals surface area contributed by atoms with Crippen LogP contribution in [0.5, 0.6) is 5.75 Å². The van der Waals surface area contributed by atoms with Crippen molar-refractivity contribution < 1.29 is 9.53 Å². The third-order valence-corrected chi connectivity index (χ3v) is 4.33. The van der Waals surface area contributed by atoms with Crippen molar-refractivity contribution in [2.45, 2.75) is 19.8 Å². The molecule has 0 saturated heterocycles. The molecular formula is C19H19ClN2O2. The van der Waals surface area contributed by atoms with Gasteiger partial charge in [-0.1, -0.05) is 48.9 Å². The molecule has 0 spiro atoms. The molecule has 0 aliphatic carbocycles. The zero-order valence-corrected chi connectivity index (χ0v) is 14.3. The molecule has 3 rings (SSSR count). The van der Waals surface area contributed by atoms with Crippen molar-refractivity contribution in [1.82, 2.24) is 5.01 Å². The fraction of sp³-hybridized carbons (Fsp3) is 0.263. The topological polar surface area (TPSA) is 41.9 Å². The molecule has 2 aromatic carbocycles. The molecule has 4 nitrogen and oxygen atoms in total. The molecule has 2 aromatic rings. The summed E-state index contributed by atoms with van der Waals surface area (Å²) in [4.78, 5) is 12.3. The Morgan fingerprint density at radius 2 is 2.04 bits per heavy atom. The Balaban J connectivity index is 1.61. The highest BCUT2D eigenvalue weighted by atomic mass is 35.5. The number of aryl methyl sites for hydroxylation is 1. The Kier molecular flexibility index (Phi) is 5.16. The predicted octanol–water partition coefficient (Wildman–Crippen LogP) is 3.92. The van der Waals surface area contributed by atoms with Crippen molar-refractivity contribution in [2.75, 3.05) is 13.2 Å². The number of hydrazone groups is 1.